The number of hydrogen-bond acceptors (Lipinski definition) is 3. The van der Waals surface area contributed by atoms with Gasteiger partial charge in [0.15, 0.2) is 0 Å². The molecule has 0 aliphatic carbocycles. The van der Waals surface area contributed by atoms with Crippen LogP contribution in [0, 0.1) is 11.7 Å². The van der Waals surface area contributed by atoms with Gasteiger partial charge in [-0.15, -0.1) is 0 Å². The van der Waals surface area contributed by atoms with E-state index in [1.807, 2.05) is 0 Å². The molecule has 1 N–H and O–H groups in total. The number of rotatable bonds is 3. The fraction of sp³-hybridized carbons (Fsp3) is 0.579. The third-order valence-electron chi connectivity index (χ3n) is 5.27. The van der Waals surface area contributed by atoms with Crippen molar-refractivity contribution in [1.82, 2.24) is 15.1 Å². The second-order valence-electron chi connectivity index (χ2n) is 7.18. The Labute approximate surface area is 148 Å². The number of likely N-dealkylation sites (tertiary alicyclic amines) is 1. The van der Waals surface area contributed by atoms with Gasteiger partial charge in [0.1, 0.15) is 11.9 Å². The Hall–Kier alpha value is -1.95. The maximum atomic E-state index is 13.6. The predicted molar refractivity (Wildman–Crippen MR) is 93.3 cm³/mol. The van der Waals surface area contributed by atoms with Crippen LogP contribution >= 0.6 is 0 Å². The highest BCUT2D eigenvalue weighted by atomic mass is 19.1. The minimum Gasteiger partial charge on any atom is -0.352 e. The fourth-order valence-corrected chi connectivity index (χ4v) is 3.81. The molecule has 0 radical (unpaired) electrons. The Kier molecular flexibility index (Phi) is 5.37. The summed E-state index contributed by atoms with van der Waals surface area (Å²) in [4.78, 5) is 29.5. The first kappa shape index (κ1) is 17.9. The monoisotopic (exact) mass is 347 g/mol. The third kappa shape index (κ3) is 3.84. The Balaban J connectivity index is 1.76. The number of carbonyl (C=O) groups excluding carboxylic acids is 2. The lowest BCUT2D eigenvalue weighted by atomic mass is 9.92. The highest BCUT2D eigenvalue weighted by Gasteiger charge is 2.38. The first-order valence-electron chi connectivity index (χ1n) is 9.05. The van der Waals surface area contributed by atoms with Gasteiger partial charge in [-0.05, 0) is 57.5 Å². The van der Waals surface area contributed by atoms with E-state index in [1.54, 1.807) is 17.0 Å². The fourth-order valence-electron chi connectivity index (χ4n) is 3.81. The van der Waals surface area contributed by atoms with E-state index in [0.29, 0.717) is 24.7 Å². The summed E-state index contributed by atoms with van der Waals surface area (Å²) >= 11 is 0. The predicted octanol–water partition coefficient (Wildman–Crippen LogP) is 1.95. The van der Waals surface area contributed by atoms with Gasteiger partial charge in [0.2, 0.25) is 11.8 Å². The van der Waals surface area contributed by atoms with Crippen LogP contribution in [0.1, 0.15) is 38.3 Å². The van der Waals surface area contributed by atoms with Crippen LogP contribution in [-0.2, 0) is 9.59 Å². The van der Waals surface area contributed by atoms with E-state index >= 15 is 0 Å². The molecule has 2 amide bonds. The van der Waals surface area contributed by atoms with Crippen LogP contribution in [0.15, 0.2) is 24.3 Å². The molecule has 2 fully saturated rings. The van der Waals surface area contributed by atoms with Crippen molar-refractivity contribution in [3.05, 3.63) is 35.6 Å². The van der Waals surface area contributed by atoms with E-state index in [-0.39, 0.29) is 17.7 Å². The second kappa shape index (κ2) is 7.52. The molecule has 0 bridgehead atoms. The average Bonchev–Trinajstić information content (AvgIpc) is 2.61. The minimum atomic E-state index is -0.736. The van der Waals surface area contributed by atoms with Crippen molar-refractivity contribution in [2.75, 3.05) is 26.2 Å². The van der Waals surface area contributed by atoms with Crippen molar-refractivity contribution < 1.29 is 14.0 Å². The maximum Gasteiger partial charge on any atom is 0.247 e. The zero-order valence-corrected chi connectivity index (χ0v) is 14.9. The second-order valence-corrected chi connectivity index (χ2v) is 7.18. The molecule has 0 saturated carbocycles. The van der Waals surface area contributed by atoms with Crippen molar-refractivity contribution in [3.8, 4) is 0 Å². The third-order valence-corrected chi connectivity index (χ3v) is 5.27. The van der Waals surface area contributed by atoms with E-state index in [2.05, 4.69) is 24.1 Å². The van der Waals surface area contributed by atoms with E-state index in [9.17, 15) is 14.0 Å². The standard InChI is InChI=1S/C19H26FN3O2/c1-13(2)22-9-6-14(7-10-22)19(25)23-11-8-21-18(24)17(23)15-4-3-5-16(20)12-15/h3-5,12-14,17H,6-11H2,1-2H3,(H,21,24)/t17-/m1/s1. The largest absolute Gasteiger partial charge is 0.352 e. The first-order chi connectivity index (χ1) is 12.0. The Morgan fingerprint density at radius 3 is 2.60 bits per heavy atom. The van der Waals surface area contributed by atoms with Gasteiger partial charge in [-0.25, -0.2) is 4.39 Å². The molecular weight excluding hydrogens is 321 g/mol. The summed E-state index contributed by atoms with van der Waals surface area (Å²) in [5, 5.41) is 2.80. The van der Waals surface area contributed by atoms with E-state index in [0.717, 1.165) is 25.9 Å². The van der Waals surface area contributed by atoms with Crippen LogP contribution in [-0.4, -0.2) is 53.8 Å². The lowest BCUT2D eigenvalue weighted by Gasteiger charge is -2.40. The van der Waals surface area contributed by atoms with E-state index in [1.165, 1.54) is 12.1 Å². The molecule has 25 heavy (non-hydrogen) atoms. The summed E-state index contributed by atoms with van der Waals surface area (Å²) in [5.74, 6) is -0.664. The van der Waals surface area contributed by atoms with Crippen molar-refractivity contribution in [2.24, 2.45) is 5.92 Å². The van der Waals surface area contributed by atoms with Crippen LogP contribution in [0.2, 0.25) is 0 Å². The van der Waals surface area contributed by atoms with Gasteiger partial charge in [0, 0.05) is 25.0 Å². The van der Waals surface area contributed by atoms with Crippen molar-refractivity contribution in [2.45, 2.75) is 38.8 Å². The highest BCUT2D eigenvalue weighted by molar-refractivity contribution is 5.90. The molecule has 2 saturated heterocycles. The number of nitrogens with one attached hydrogen (secondary N) is 1. The maximum absolute atomic E-state index is 13.6. The molecule has 5 nitrogen and oxygen atoms in total. The molecule has 2 aliphatic rings. The Morgan fingerprint density at radius 1 is 1.24 bits per heavy atom. The highest BCUT2D eigenvalue weighted by Crippen LogP contribution is 2.29. The first-order valence-corrected chi connectivity index (χ1v) is 9.05. The number of piperazine rings is 1. The summed E-state index contributed by atoms with van der Waals surface area (Å²) in [6.45, 7) is 7.04. The summed E-state index contributed by atoms with van der Waals surface area (Å²) in [7, 11) is 0. The lowest BCUT2D eigenvalue weighted by Crippen LogP contribution is -2.54. The van der Waals surface area contributed by atoms with Crippen LogP contribution in [0.4, 0.5) is 4.39 Å². The number of benzene rings is 1. The summed E-state index contributed by atoms with van der Waals surface area (Å²) in [6, 6.07) is 5.73. The van der Waals surface area contributed by atoms with Gasteiger partial charge < -0.3 is 15.1 Å². The summed E-state index contributed by atoms with van der Waals surface area (Å²) in [6.07, 6.45) is 1.62. The van der Waals surface area contributed by atoms with Gasteiger partial charge in [0.05, 0.1) is 0 Å². The topological polar surface area (TPSA) is 52.7 Å². The van der Waals surface area contributed by atoms with Crippen molar-refractivity contribution >= 4 is 11.8 Å². The SMILES string of the molecule is CC(C)N1CCC(C(=O)N2CCNC(=O)[C@H]2c2cccc(F)c2)CC1. The average molecular weight is 347 g/mol. The molecule has 0 aromatic heterocycles. The number of piperidine rings is 1. The molecule has 2 heterocycles. The molecule has 1 atom stereocenters. The smallest absolute Gasteiger partial charge is 0.247 e. The van der Waals surface area contributed by atoms with Crippen LogP contribution in [0.25, 0.3) is 0 Å². The molecule has 1 aromatic rings. The zero-order chi connectivity index (χ0) is 18.0. The van der Waals surface area contributed by atoms with Gasteiger partial charge >= 0.3 is 0 Å². The number of halogens is 1. The van der Waals surface area contributed by atoms with E-state index < -0.39 is 11.9 Å². The summed E-state index contributed by atoms with van der Waals surface area (Å²) < 4.78 is 13.6. The number of hydrogen-bond donors (Lipinski definition) is 1. The molecule has 6 heteroatoms. The van der Waals surface area contributed by atoms with Gasteiger partial charge in [-0.3, -0.25) is 9.59 Å². The van der Waals surface area contributed by atoms with Crippen LogP contribution < -0.4 is 5.32 Å². The zero-order valence-electron chi connectivity index (χ0n) is 14.9. The normalized spacial score (nSPS) is 23.0. The Bertz CT molecular complexity index is 641. The number of amides is 2. The van der Waals surface area contributed by atoms with Crippen molar-refractivity contribution in [3.63, 3.8) is 0 Å². The van der Waals surface area contributed by atoms with Gasteiger partial charge in [-0.2, -0.15) is 0 Å². The van der Waals surface area contributed by atoms with Crippen LogP contribution in [0.5, 0.6) is 0 Å². The molecular formula is C19H26FN3O2. The molecule has 0 unspecified atom stereocenters. The number of nitrogens with zero attached hydrogens (tertiary/aromatic N) is 2. The minimum absolute atomic E-state index is 0.0208. The quantitative estimate of drug-likeness (QED) is 0.909. The van der Waals surface area contributed by atoms with Crippen molar-refractivity contribution in [1.29, 1.82) is 0 Å². The molecule has 2 aliphatic heterocycles. The molecule has 3 rings (SSSR count). The Morgan fingerprint density at radius 2 is 1.96 bits per heavy atom. The van der Waals surface area contributed by atoms with Gasteiger partial charge in [-0.1, -0.05) is 12.1 Å². The summed E-state index contributed by atoms with van der Waals surface area (Å²) in [5.41, 5.74) is 0.533. The number of carbonyl (C=O) groups is 2. The molecule has 0 spiro atoms. The van der Waals surface area contributed by atoms with Crippen LogP contribution in [0.3, 0.4) is 0 Å². The van der Waals surface area contributed by atoms with Gasteiger partial charge in [0.25, 0.3) is 0 Å². The molecule has 136 valence electrons. The lowest BCUT2D eigenvalue weighted by molar-refractivity contribution is -0.147. The van der Waals surface area contributed by atoms with E-state index in [4.69, 9.17) is 0 Å². The molecule has 1 aromatic carbocycles.